The quantitative estimate of drug-likeness (QED) is 0.763. The Kier molecular flexibility index (Phi) is 2.06. The molecule has 3 atom stereocenters. The van der Waals surface area contributed by atoms with Gasteiger partial charge in [-0.15, -0.1) is 0 Å². The number of halogens is 1. The minimum Gasteiger partial charge on any atom is -0.320 e. The van der Waals surface area contributed by atoms with Crippen LogP contribution in [0.1, 0.15) is 24.8 Å². The molecule has 2 nitrogen and oxygen atoms in total. The lowest BCUT2D eigenvalue weighted by molar-refractivity contribution is 0.343. The van der Waals surface area contributed by atoms with Gasteiger partial charge in [0.1, 0.15) is 0 Å². The Morgan fingerprint density at radius 1 is 1.27 bits per heavy atom. The summed E-state index contributed by atoms with van der Waals surface area (Å²) in [5.41, 5.74) is 7.55. The van der Waals surface area contributed by atoms with Crippen molar-refractivity contribution in [3.8, 4) is 0 Å². The molecule has 3 heteroatoms. The predicted octanol–water partition coefficient (Wildman–Crippen LogP) is 2.02. The van der Waals surface area contributed by atoms with E-state index in [1.807, 2.05) is 12.1 Å². The van der Waals surface area contributed by atoms with Crippen molar-refractivity contribution in [2.24, 2.45) is 5.73 Å². The van der Waals surface area contributed by atoms with Gasteiger partial charge in [-0.3, -0.25) is 0 Å². The predicted molar refractivity (Wildman–Crippen MR) is 61.9 cm³/mol. The molecule has 0 saturated carbocycles. The maximum Gasteiger partial charge on any atom is 0.0580 e. The SMILES string of the molecule is NC1(c2ccc(Cl)cc2)CC2CCC1N2. The number of hydrogen-bond donors (Lipinski definition) is 2. The maximum atomic E-state index is 6.51. The zero-order valence-electron chi connectivity index (χ0n) is 8.54. The smallest absolute Gasteiger partial charge is 0.0580 e. The van der Waals surface area contributed by atoms with Crippen LogP contribution in [-0.4, -0.2) is 12.1 Å². The molecule has 3 rings (SSSR count). The van der Waals surface area contributed by atoms with Gasteiger partial charge in [-0.05, 0) is 37.0 Å². The third-order valence-electron chi connectivity index (χ3n) is 3.83. The third kappa shape index (κ3) is 1.40. The number of benzene rings is 1. The van der Waals surface area contributed by atoms with Crippen molar-refractivity contribution in [3.05, 3.63) is 34.9 Å². The molecule has 80 valence electrons. The average molecular weight is 223 g/mol. The van der Waals surface area contributed by atoms with Gasteiger partial charge in [0.15, 0.2) is 0 Å². The first-order valence-corrected chi connectivity index (χ1v) is 5.87. The largest absolute Gasteiger partial charge is 0.320 e. The molecule has 2 aliphatic rings. The molecule has 15 heavy (non-hydrogen) atoms. The summed E-state index contributed by atoms with van der Waals surface area (Å²) in [6.45, 7) is 0. The summed E-state index contributed by atoms with van der Waals surface area (Å²) in [6, 6.07) is 9.05. The van der Waals surface area contributed by atoms with Crippen LogP contribution >= 0.6 is 11.6 Å². The first-order chi connectivity index (χ1) is 7.18. The lowest BCUT2D eigenvalue weighted by atomic mass is 9.77. The lowest BCUT2D eigenvalue weighted by Gasteiger charge is -2.33. The third-order valence-corrected chi connectivity index (χ3v) is 4.08. The van der Waals surface area contributed by atoms with E-state index >= 15 is 0 Å². The molecule has 3 N–H and O–H groups in total. The van der Waals surface area contributed by atoms with E-state index in [1.54, 1.807) is 0 Å². The van der Waals surface area contributed by atoms with E-state index in [4.69, 9.17) is 17.3 Å². The Bertz CT molecular complexity index is 376. The van der Waals surface area contributed by atoms with Crippen LogP contribution in [0.15, 0.2) is 24.3 Å². The van der Waals surface area contributed by atoms with Crippen LogP contribution in [0, 0.1) is 0 Å². The fraction of sp³-hybridized carbons (Fsp3) is 0.500. The monoisotopic (exact) mass is 222 g/mol. The highest BCUT2D eigenvalue weighted by Gasteiger charge is 2.49. The number of hydrogen-bond acceptors (Lipinski definition) is 2. The Hall–Kier alpha value is -0.570. The van der Waals surface area contributed by atoms with Gasteiger partial charge < -0.3 is 11.1 Å². The van der Waals surface area contributed by atoms with E-state index < -0.39 is 0 Å². The van der Waals surface area contributed by atoms with Crippen LogP contribution in [0.5, 0.6) is 0 Å². The molecule has 3 unspecified atom stereocenters. The molecule has 2 bridgehead atoms. The highest BCUT2D eigenvalue weighted by atomic mass is 35.5. The molecule has 0 spiro atoms. The number of nitrogens with one attached hydrogen (secondary N) is 1. The fourth-order valence-corrected chi connectivity index (χ4v) is 3.14. The number of fused-ring (bicyclic) bond motifs is 2. The second-order valence-electron chi connectivity index (χ2n) is 4.74. The van der Waals surface area contributed by atoms with E-state index in [0.29, 0.717) is 12.1 Å². The van der Waals surface area contributed by atoms with E-state index in [0.717, 1.165) is 11.4 Å². The van der Waals surface area contributed by atoms with Crippen molar-refractivity contribution in [2.75, 3.05) is 0 Å². The van der Waals surface area contributed by atoms with Crippen LogP contribution in [0.25, 0.3) is 0 Å². The van der Waals surface area contributed by atoms with E-state index in [9.17, 15) is 0 Å². The van der Waals surface area contributed by atoms with Crippen LogP contribution < -0.4 is 11.1 Å². The second-order valence-corrected chi connectivity index (χ2v) is 5.18. The molecule has 2 fully saturated rings. The van der Waals surface area contributed by atoms with Crippen LogP contribution in [0.4, 0.5) is 0 Å². The first-order valence-electron chi connectivity index (χ1n) is 5.49. The van der Waals surface area contributed by atoms with E-state index in [-0.39, 0.29) is 5.54 Å². The summed E-state index contributed by atoms with van der Waals surface area (Å²) in [7, 11) is 0. The van der Waals surface area contributed by atoms with Gasteiger partial charge >= 0.3 is 0 Å². The zero-order valence-corrected chi connectivity index (χ0v) is 9.30. The van der Waals surface area contributed by atoms with Gasteiger partial charge in [0, 0.05) is 17.1 Å². The highest BCUT2D eigenvalue weighted by Crippen LogP contribution is 2.41. The first kappa shape index (κ1) is 9.64. The van der Waals surface area contributed by atoms with Crippen molar-refractivity contribution in [2.45, 2.75) is 36.9 Å². The molecule has 2 aliphatic heterocycles. The summed E-state index contributed by atoms with van der Waals surface area (Å²) < 4.78 is 0. The minimum atomic E-state index is -0.173. The molecule has 0 amide bonds. The zero-order chi connectivity index (χ0) is 10.5. The number of nitrogens with two attached hydrogens (primary N) is 1. The average Bonchev–Trinajstić information content (AvgIpc) is 2.78. The van der Waals surface area contributed by atoms with Crippen molar-refractivity contribution < 1.29 is 0 Å². The van der Waals surface area contributed by atoms with Gasteiger partial charge in [0.2, 0.25) is 0 Å². The molecule has 2 saturated heterocycles. The molecular weight excluding hydrogens is 208 g/mol. The topological polar surface area (TPSA) is 38.0 Å². The second kappa shape index (κ2) is 3.21. The lowest BCUT2D eigenvalue weighted by Crippen LogP contribution is -2.47. The van der Waals surface area contributed by atoms with Gasteiger partial charge in [-0.1, -0.05) is 23.7 Å². The Labute approximate surface area is 94.8 Å². The highest BCUT2D eigenvalue weighted by molar-refractivity contribution is 6.30. The summed E-state index contributed by atoms with van der Waals surface area (Å²) >= 11 is 5.89. The number of rotatable bonds is 1. The fourth-order valence-electron chi connectivity index (χ4n) is 3.02. The van der Waals surface area contributed by atoms with Crippen LogP contribution in [0.2, 0.25) is 5.02 Å². The summed E-state index contributed by atoms with van der Waals surface area (Å²) in [5.74, 6) is 0. The summed E-state index contributed by atoms with van der Waals surface area (Å²) in [5, 5.41) is 4.35. The summed E-state index contributed by atoms with van der Waals surface area (Å²) in [6.07, 6.45) is 3.53. The van der Waals surface area contributed by atoms with E-state index in [2.05, 4.69) is 17.4 Å². The Morgan fingerprint density at radius 3 is 2.53 bits per heavy atom. The van der Waals surface area contributed by atoms with Crippen molar-refractivity contribution in [3.63, 3.8) is 0 Å². The van der Waals surface area contributed by atoms with Gasteiger partial charge in [0.25, 0.3) is 0 Å². The standard InChI is InChI=1S/C12H15ClN2/c13-9-3-1-8(2-4-9)12(14)7-10-5-6-11(12)15-10/h1-4,10-11,15H,5-7,14H2. The van der Waals surface area contributed by atoms with E-state index in [1.165, 1.54) is 18.4 Å². The summed E-state index contributed by atoms with van der Waals surface area (Å²) in [4.78, 5) is 0. The van der Waals surface area contributed by atoms with Crippen molar-refractivity contribution >= 4 is 11.6 Å². The molecule has 0 aliphatic carbocycles. The van der Waals surface area contributed by atoms with Crippen LogP contribution in [-0.2, 0) is 5.54 Å². The van der Waals surface area contributed by atoms with Crippen molar-refractivity contribution in [1.82, 2.24) is 5.32 Å². The Balaban J connectivity index is 1.96. The molecule has 0 aromatic heterocycles. The maximum absolute atomic E-state index is 6.51. The normalized spacial score (nSPS) is 38.5. The molecule has 1 aromatic rings. The van der Waals surface area contributed by atoms with Crippen LogP contribution in [0.3, 0.4) is 0 Å². The Morgan fingerprint density at radius 2 is 2.00 bits per heavy atom. The molecule has 1 aromatic carbocycles. The van der Waals surface area contributed by atoms with Gasteiger partial charge in [-0.2, -0.15) is 0 Å². The molecule has 0 radical (unpaired) electrons. The van der Waals surface area contributed by atoms with Gasteiger partial charge in [0.05, 0.1) is 5.54 Å². The minimum absolute atomic E-state index is 0.173. The van der Waals surface area contributed by atoms with Gasteiger partial charge in [-0.25, -0.2) is 0 Å². The molecule has 2 heterocycles. The molecular formula is C12H15ClN2. The van der Waals surface area contributed by atoms with Crippen molar-refractivity contribution in [1.29, 1.82) is 0 Å².